The predicted molar refractivity (Wildman–Crippen MR) is 83.0 cm³/mol. The van der Waals surface area contributed by atoms with Crippen molar-refractivity contribution in [2.45, 2.75) is 0 Å². The summed E-state index contributed by atoms with van der Waals surface area (Å²) in [4.78, 5) is 11.9. The van der Waals surface area contributed by atoms with Gasteiger partial charge in [0.1, 0.15) is 0 Å². The van der Waals surface area contributed by atoms with E-state index in [1.165, 1.54) is 0 Å². The fourth-order valence-corrected chi connectivity index (χ4v) is 1.81. The average molecular weight is 292 g/mol. The summed E-state index contributed by atoms with van der Waals surface area (Å²) in [5, 5.41) is 21.3. The van der Waals surface area contributed by atoms with Crippen molar-refractivity contribution in [2.24, 2.45) is 15.3 Å². The standard InChI is InChI=1S/C16H12N4O2/c21-15-13(19-17-11-7-3-1-4-8-11)16(22)14(15)20-18-12-9-5-2-6-10-12/h1-10,17,21H/b19-13-,20-18?. The first-order chi connectivity index (χ1) is 10.8. The maximum Gasteiger partial charge on any atom is 0.241 e. The molecule has 0 aliphatic rings. The second-order valence-corrected chi connectivity index (χ2v) is 4.50. The zero-order chi connectivity index (χ0) is 15.4. The maximum atomic E-state index is 11.9. The van der Waals surface area contributed by atoms with Crippen LogP contribution in [0.4, 0.5) is 17.1 Å². The Morgan fingerprint density at radius 2 is 1.50 bits per heavy atom. The molecule has 0 saturated heterocycles. The van der Waals surface area contributed by atoms with E-state index in [4.69, 9.17) is 0 Å². The second kappa shape index (κ2) is 6.01. The number of benzene rings is 2. The summed E-state index contributed by atoms with van der Waals surface area (Å²) in [7, 11) is 0. The van der Waals surface area contributed by atoms with Crippen LogP contribution < -0.4 is 16.2 Å². The number of para-hydroxylation sites is 1. The van der Waals surface area contributed by atoms with E-state index in [2.05, 4.69) is 20.8 Å². The molecular weight excluding hydrogens is 280 g/mol. The number of aromatic hydroxyl groups is 1. The van der Waals surface area contributed by atoms with Gasteiger partial charge in [-0.1, -0.05) is 36.4 Å². The molecule has 0 amide bonds. The van der Waals surface area contributed by atoms with Gasteiger partial charge < -0.3 is 5.11 Å². The molecule has 2 N–H and O–H groups in total. The van der Waals surface area contributed by atoms with E-state index in [-0.39, 0.29) is 16.8 Å². The molecule has 0 atom stereocenters. The van der Waals surface area contributed by atoms with Gasteiger partial charge in [-0.05, 0) is 24.3 Å². The molecule has 108 valence electrons. The van der Waals surface area contributed by atoms with Gasteiger partial charge in [0, 0.05) is 0 Å². The molecular formula is C16H12N4O2. The summed E-state index contributed by atoms with van der Waals surface area (Å²) in [5.74, 6) is -0.256. The molecule has 6 nitrogen and oxygen atoms in total. The zero-order valence-electron chi connectivity index (χ0n) is 11.5. The van der Waals surface area contributed by atoms with Crippen molar-refractivity contribution in [3.05, 3.63) is 76.2 Å². The molecule has 0 unspecified atom stereocenters. The summed E-state index contributed by atoms with van der Waals surface area (Å²) in [6, 6.07) is 18.1. The van der Waals surface area contributed by atoms with Crippen LogP contribution in [-0.4, -0.2) is 5.11 Å². The smallest absolute Gasteiger partial charge is 0.241 e. The molecule has 0 aromatic heterocycles. The number of azo groups is 1. The van der Waals surface area contributed by atoms with Crippen LogP contribution in [-0.2, 0) is 0 Å². The van der Waals surface area contributed by atoms with Gasteiger partial charge in [-0.3, -0.25) is 10.2 Å². The van der Waals surface area contributed by atoms with Gasteiger partial charge in [0.15, 0.2) is 16.8 Å². The number of nitrogens with zero attached hydrogens (tertiary/aromatic N) is 3. The lowest BCUT2D eigenvalue weighted by molar-refractivity contribution is 0.461. The highest BCUT2D eigenvalue weighted by atomic mass is 16.3. The lowest BCUT2D eigenvalue weighted by Crippen LogP contribution is -2.31. The van der Waals surface area contributed by atoms with Gasteiger partial charge in [0.05, 0.1) is 11.4 Å². The fourth-order valence-electron chi connectivity index (χ4n) is 1.81. The largest absolute Gasteiger partial charge is 0.504 e. The lowest BCUT2D eigenvalue weighted by Gasteiger charge is -2.03. The molecule has 0 radical (unpaired) electrons. The zero-order valence-corrected chi connectivity index (χ0v) is 11.5. The van der Waals surface area contributed by atoms with E-state index in [9.17, 15) is 9.90 Å². The van der Waals surface area contributed by atoms with Gasteiger partial charge in [-0.15, -0.1) is 5.11 Å². The van der Waals surface area contributed by atoms with E-state index in [1.807, 2.05) is 36.4 Å². The Morgan fingerprint density at radius 1 is 0.864 bits per heavy atom. The lowest BCUT2D eigenvalue weighted by atomic mass is 10.2. The van der Waals surface area contributed by atoms with Crippen LogP contribution in [0, 0.1) is 0 Å². The highest BCUT2D eigenvalue weighted by molar-refractivity contribution is 5.56. The molecule has 22 heavy (non-hydrogen) atoms. The summed E-state index contributed by atoms with van der Waals surface area (Å²) in [5.41, 5.74) is 3.49. The van der Waals surface area contributed by atoms with E-state index in [0.717, 1.165) is 5.69 Å². The quantitative estimate of drug-likeness (QED) is 0.572. The van der Waals surface area contributed by atoms with E-state index in [0.29, 0.717) is 5.69 Å². The molecule has 3 rings (SSSR count). The van der Waals surface area contributed by atoms with Crippen molar-refractivity contribution in [3.8, 4) is 5.75 Å². The van der Waals surface area contributed by atoms with Gasteiger partial charge in [-0.2, -0.15) is 10.2 Å². The molecule has 0 fully saturated rings. The Labute approximate surface area is 125 Å². The van der Waals surface area contributed by atoms with E-state index in [1.54, 1.807) is 24.3 Å². The molecule has 0 bridgehead atoms. The maximum absolute atomic E-state index is 11.9. The van der Waals surface area contributed by atoms with E-state index >= 15 is 0 Å². The number of anilines is 1. The minimum atomic E-state index is -0.444. The first-order valence-corrected chi connectivity index (χ1v) is 6.59. The molecule has 6 heteroatoms. The van der Waals surface area contributed by atoms with Gasteiger partial charge in [-0.25, -0.2) is 0 Å². The first-order valence-electron chi connectivity index (χ1n) is 6.59. The Bertz CT molecular complexity index is 880. The normalized spacial score (nSPS) is 12.1. The van der Waals surface area contributed by atoms with Crippen LogP contribution in [0.1, 0.15) is 0 Å². The van der Waals surface area contributed by atoms with Crippen molar-refractivity contribution >= 4 is 17.1 Å². The minimum absolute atomic E-state index is 0.0501. The van der Waals surface area contributed by atoms with Gasteiger partial charge in [0.25, 0.3) is 0 Å². The minimum Gasteiger partial charge on any atom is -0.504 e. The molecule has 3 aromatic carbocycles. The second-order valence-electron chi connectivity index (χ2n) is 4.50. The monoisotopic (exact) mass is 292 g/mol. The number of hydrogen-bond acceptors (Lipinski definition) is 6. The predicted octanol–water partition coefficient (Wildman–Crippen LogP) is 2.97. The Morgan fingerprint density at radius 3 is 2.14 bits per heavy atom. The summed E-state index contributed by atoms with van der Waals surface area (Å²) >= 11 is 0. The fraction of sp³-hybridized carbons (Fsp3) is 0. The molecule has 0 spiro atoms. The van der Waals surface area contributed by atoms with Gasteiger partial charge >= 0.3 is 0 Å². The van der Waals surface area contributed by atoms with Crippen LogP contribution in [0.15, 0.2) is 80.8 Å². The number of rotatable bonds is 4. The Kier molecular flexibility index (Phi) is 3.74. The van der Waals surface area contributed by atoms with Crippen molar-refractivity contribution < 1.29 is 5.11 Å². The highest BCUT2D eigenvalue weighted by Gasteiger charge is 2.18. The molecule has 3 aromatic rings. The third-order valence-corrected chi connectivity index (χ3v) is 2.97. The molecule has 0 saturated carbocycles. The molecule has 0 aliphatic heterocycles. The molecule has 0 aliphatic carbocycles. The average Bonchev–Trinajstić information content (AvgIpc) is 2.57. The van der Waals surface area contributed by atoms with Crippen molar-refractivity contribution in [1.29, 1.82) is 0 Å². The van der Waals surface area contributed by atoms with Gasteiger partial charge in [0.2, 0.25) is 5.43 Å². The van der Waals surface area contributed by atoms with Crippen molar-refractivity contribution in [3.63, 3.8) is 0 Å². The first kappa shape index (κ1) is 13.7. The highest BCUT2D eigenvalue weighted by Crippen LogP contribution is 2.22. The third kappa shape index (κ3) is 2.76. The number of hydrogen-bond donors (Lipinski definition) is 2. The summed E-state index contributed by atoms with van der Waals surface area (Å²) < 4.78 is 0. The number of nitrogens with one attached hydrogen (secondary N) is 1. The topological polar surface area (TPSA) is 86.4 Å². The third-order valence-electron chi connectivity index (χ3n) is 2.97. The van der Waals surface area contributed by atoms with Crippen LogP contribution in [0.25, 0.3) is 0 Å². The summed E-state index contributed by atoms with van der Waals surface area (Å²) in [6.45, 7) is 0. The van der Waals surface area contributed by atoms with Crippen molar-refractivity contribution in [1.82, 2.24) is 0 Å². The van der Waals surface area contributed by atoms with Crippen LogP contribution in [0.2, 0.25) is 0 Å². The SMILES string of the molecule is O=c1c(N=Nc2ccccc2)c(O)/c1=N/Nc1ccccc1. The Balaban J connectivity index is 1.80. The van der Waals surface area contributed by atoms with Crippen LogP contribution in [0.3, 0.4) is 0 Å². The Hall–Kier alpha value is -3.28. The van der Waals surface area contributed by atoms with Crippen molar-refractivity contribution in [2.75, 3.05) is 5.43 Å². The van der Waals surface area contributed by atoms with Crippen LogP contribution >= 0.6 is 0 Å². The van der Waals surface area contributed by atoms with Crippen LogP contribution in [0.5, 0.6) is 5.75 Å². The van der Waals surface area contributed by atoms with E-state index < -0.39 is 5.43 Å². The molecule has 0 heterocycles. The summed E-state index contributed by atoms with van der Waals surface area (Å²) in [6.07, 6.45) is 0.